The minimum Gasteiger partial charge on any atom is -0.502 e. The fourth-order valence-electron chi connectivity index (χ4n) is 0.879. The normalized spacial score (nSPS) is 10.5. The average Bonchev–Trinajstić information content (AvgIpc) is 2.08. The number of nitrogens with one attached hydrogen (secondary N) is 1. The molecule has 0 atom stereocenters. The summed E-state index contributed by atoms with van der Waals surface area (Å²) >= 11 is 0. The second-order valence-corrected chi connectivity index (χ2v) is 2.32. The van der Waals surface area contributed by atoms with E-state index < -0.39 is 33.9 Å². The molecular weight excluding hydrogens is 202 g/mol. The fraction of sp³-hybridized carbons (Fsp3) is 0.167. The lowest BCUT2D eigenvalue weighted by Crippen LogP contribution is -2.13. The number of nitro groups is 1. The Morgan fingerprint density at radius 3 is 2.57 bits per heavy atom. The number of alkyl halides is 2. The molecule has 14 heavy (non-hydrogen) atoms. The third-order valence-electron chi connectivity index (χ3n) is 1.48. The zero-order valence-electron chi connectivity index (χ0n) is 6.53. The summed E-state index contributed by atoms with van der Waals surface area (Å²) in [4.78, 5) is 21.7. The zero-order chi connectivity index (χ0) is 10.9. The van der Waals surface area contributed by atoms with Crippen molar-refractivity contribution in [3.8, 4) is 5.75 Å². The van der Waals surface area contributed by atoms with Gasteiger partial charge in [-0.05, 0) is 4.92 Å². The highest BCUT2D eigenvalue weighted by molar-refractivity contribution is 5.38. The summed E-state index contributed by atoms with van der Waals surface area (Å²) < 4.78 is 24.4. The highest BCUT2D eigenvalue weighted by Gasteiger charge is 2.26. The maximum atomic E-state index is 12.2. The van der Waals surface area contributed by atoms with Crippen molar-refractivity contribution in [2.75, 3.05) is 0 Å². The molecule has 0 aromatic carbocycles. The van der Waals surface area contributed by atoms with Crippen LogP contribution in [0.5, 0.6) is 5.75 Å². The molecule has 6 nitrogen and oxygen atoms in total. The van der Waals surface area contributed by atoms with Crippen molar-refractivity contribution in [1.29, 1.82) is 0 Å². The average molecular weight is 206 g/mol. The van der Waals surface area contributed by atoms with E-state index in [1.807, 2.05) is 0 Å². The minimum atomic E-state index is -3.31. The minimum absolute atomic E-state index is 0.590. The first-order valence-corrected chi connectivity index (χ1v) is 3.32. The molecule has 0 spiro atoms. The number of hydrogen-bond acceptors (Lipinski definition) is 4. The van der Waals surface area contributed by atoms with Crippen LogP contribution in [0.15, 0.2) is 11.0 Å². The van der Waals surface area contributed by atoms with Crippen molar-refractivity contribution in [3.63, 3.8) is 0 Å². The molecule has 1 heterocycles. The topological polar surface area (TPSA) is 96.2 Å². The van der Waals surface area contributed by atoms with Gasteiger partial charge in [-0.1, -0.05) is 0 Å². The van der Waals surface area contributed by atoms with Gasteiger partial charge >= 0.3 is 5.82 Å². The zero-order valence-corrected chi connectivity index (χ0v) is 6.53. The van der Waals surface area contributed by atoms with Crippen molar-refractivity contribution in [2.45, 2.75) is 6.43 Å². The predicted molar refractivity (Wildman–Crippen MR) is 40.3 cm³/mol. The number of halogens is 2. The molecule has 8 heteroatoms. The van der Waals surface area contributed by atoms with Crippen LogP contribution in [-0.2, 0) is 0 Å². The Morgan fingerprint density at radius 2 is 2.14 bits per heavy atom. The summed E-state index contributed by atoms with van der Waals surface area (Å²) in [5.41, 5.74) is -2.78. The van der Waals surface area contributed by atoms with E-state index in [9.17, 15) is 23.7 Å². The molecule has 0 radical (unpaired) electrons. The summed E-state index contributed by atoms with van der Waals surface area (Å²) in [5, 5.41) is 19.0. The SMILES string of the molecule is O=c1c(O)c[nH]c([N+](=O)[O-])c1C(F)F. The summed E-state index contributed by atoms with van der Waals surface area (Å²) in [6.45, 7) is 0. The van der Waals surface area contributed by atoms with Gasteiger partial charge in [0.2, 0.25) is 11.2 Å². The predicted octanol–water partition coefficient (Wildman–Crippen LogP) is 0.926. The molecule has 0 unspecified atom stereocenters. The number of hydrogen-bond donors (Lipinski definition) is 2. The number of H-pyrrole nitrogens is 1. The van der Waals surface area contributed by atoms with Crippen LogP contribution in [0.3, 0.4) is 0 Å². The van der Waals surface area contributed by atoms with E-state index in [4.69, 9.17) is 5.11 Å². The number of nitrogens with zero attached hydrogens (tertiary/aromatic N) is 1. The molecule has 1 aromatic rings. The van der Waals surface area contributed by atoms with Crippen LogP contribution in [0.4, 0.5) is 14.6 Å². The first-order chi connectivity index (χ1) is 6.45. The third-order valence-corrected chi connectivity index (χ3v) is 1.48. The molecule has 0 saturated heterocycles. The third kappa shape index (κ3) is 1.53. The second kappa shape index (κ2) is 3.40. The second-order valence-electron chi connectivity index (χ2n) is 2.32. The van der Waals surface area contributed by atoms with Crippen LogP contribution in [0, 0.1) is 10.1 Å². The van der Waals surface area contributed by atoms with Crippen molar-refractivity contribution in [1.82, 2.24) is 4.98 Å². The largest absolute Gasteiger partial charge is 0.502 e. The van der Waals surface area contributed by atoms with Gasteiger partial charge in [-0.25, -0.2) is 13.8 Å². The summed E-state index contributed by atoms with van der Waals surface area (Å²) in [6.07, 6.45) is -2.72. The van der Waals surface area contributed by atoms with Gasteiger partial charge in [0.25, 0.3) is 6.43 Å². The molecule has 0 bridgehead atoms. The maximum absolute atomic E-state index is 12.2. The van der Waals surface area contributed by atoms with E-state index in [0.717, 1.165) is 0 Å². The molecule has 1 aromatic heterocycles. The Hall–Kier alpha value is -1.99. The van der Waals surface area contributed by atoms with E-state index in [1.165, 1.54) is 0 Å². The van der Waals surface area contributed by atoms with E-state index in [1.54, 1.807) is 4.98 Å². The fourth-order valence-corrected chi connectivity index (χ4v) is 0.879. The van der Waals surface area contributed by atoms with Crippen molar-refractivity contribution < 1.29 is 18.8 Å². The van der Waals surface area contributed by atoms with Gasteiger partial charge in [-0.3, -0.25) is 4.79 Å². The van der Waals surface area contributed by atoms with E-state index >= 15 is 0 Å². The van der Waals surface area contributed by atoms with Crippen molar-refractivity contribution in [2.24, 2.45) is 0 Å². The monoisotopic (exact) mass is 206 g/mol. The number of aromatic amines is 1. The highest BCUT2D eigenvalue weighted by Crippen LogP contribution is 2.24. The molecule has 0 aliphatic rings. The summed E-state index contributed by atoms with van der Waals surface area (Å²) in [5.74, 6) is -2.09. The molecule has 0 fully saturated rings. The lowest BCUT2D eigenvalue weighted by atomic mass is 10.2. The lowest BCUT2D eigenvalue weighted by Gasteiger charge is -2.01. The van der Waals surface area contributed by atoms with Crippen LogP contribution in [0.25, 0.3) is 0 Å². The Kier molecular flexibility index (Phi) is 2.45. The van der Waals surface area contributed by atoms with Gasteiger partial charge in [0.1, 0.15) is 6.20 Å². The van der Waals surface area contributed by atoms with Crippen molar-refractivity contribution >= 4 is 5.82 Å². The van der Waals surface area contributed by atoms with Crippen LogP contribution < -0.4 is 5.43 Å². The van der Waals surface area contributed by atoms with Gasteiger partial charge < -0.3 is 15.2 Å². The van der Waals surface area contributed by atoms with Gasteiger partial charge in [0.15, 0.2) is 5.56 Å². The standard InChI is InChI=1S/C6H4F2N2O4/c7-5(8)3-4(12)2(11)1-9-6(3)10(13)14/h1,5,11H,(H,9,12). The van der Waals surface area contributed by atoms with Gasteiger partial charge in [0.05, 0.1) is 0 Å². The van der Waals surface area contributed by atoms with Gasteiger partial charge in [-0.15, -0.1) is 0 Å². The van der Waals surface area contributed by atoms with Gasteiger partial charge in [-0.2, -0.15) is 0 Å². The molecule has 0 amide bonds. The quantitative estimate of drug-likeness (QED) is 0.555. The van der Waals surface area contributed by atoms with Crippen molar-refractivity contribution in [3.05, 3.63) is 32.1 Å². The lowest BCUT2D eigenvalue weighted by molar-refractivity contribution is -0.391. The Balaban J connectivity index is 3.54. The van der Waals surface area contributed by atoms with E-state index in [-0.39, 0.29) is 0 Å². The first kappa shape index (κ1) is 10.1. The molecule has 1 rings (SSSR count). The Labute approximate surface area is 75.0 Å². The van der Waals surface area contributed by atoms with Crippen LogP contribution in [-0.4, -0.2) is 15.0 Å². The van der Waals surface area contributed by atoms with E-state index in [0.29, 0.717) is 6.20 Å². The molecule has 0 saturated carbocycles. The Bertz CT molecular complexity index is 428. The number of aromatic nitrogens is 1. The van der Waals surface area contributed by atoms with Crippen LogP contribution in [0.2, 0.25) is 0 Å². The highest BCUT2D eigenvalue weighted by atomic mass is 19.3. The molecule has 0 aliphatic heterocycles. The molecule has 0 aliphatic carbocycles. The van der Waals surface area contributed by atoms with E-state index in [2.05, 4.69) is 0 Å². The number of rotatable bonds is 2. The molecule has 76 valence electrons. The molecule has 2 N–H and O–H groups in total. The first-order valence-electron chi connectivity index (χ1n) is 3.32. The number of pyridine rings is 1. The number of aromatic hydroxyl groups is 1. The van der Waals surface area contributed by atoms with Gasteiger partial charge in [0, 0.05) is 0 Å². The van der Waals surface area contributed by atoms with Crippen LogP contribution in [0.1, 0.15) is 12.0 Å². The Morgan fingerprint density at radius 1 is 1.57 bits per heavy atom. The molecular formula is C6H4F2N2O4. The van der Waals surface area contributed by atoms with Crippen LogP contribution >= 0.6 is 0 Å². The summed E-state index contributed by atoms with van der Waals surface area (Å²) in [6, 6.07) is 0. The smallest absolute Gasteiger partial charge is 0.333 e. The summed E-state index contributed by atoms with van der Waals surface area (Å²) in [7, 11) is 0. The maximum Gasteiger partial charge on any atom is 0.333 e.